The Morgan fingerprint density at radius 1 is 1.38 bits per heavy atom. The summed E-state index contributed by atoms with van der Waals surface area (Å²) in [5.74, 6) is 0.708. The van der Waals surface area contributed by atoms with E-state index in [1.54, 1.807) is 23.5 Å². The second kappa shape index (κ2) is 6.24. The summed E-state index contributed by atoms with van der Waals surface area (Å²) >= 11 is 1.63. The molecule has 1 aromatic carbocycles. The molecular weight excluding hydrogens is 288 g/mol. The number of non-ortho nitro benzene ring substituents is 1. The molecule has 3 rings (SSSR count). The van der Waals surface area contributed by atoms with E-state index < -0.39 is 0 Å². The van der Waals surface area contributed by atoms with Crippen molar-refractivity contribution >= 4 is 17.0 Å². The zero-order valence-corrected chi connectivity index (χ0v) is 12.3. The van der Waals surface area contributed by atoms with Crippen LogP contribution in [0.25, 0.3) is 0 Å². The van der Waals surface area contributed by atoms with E-state index in [1.807, 2.05) is 16.8 Å². The standard InChI is InChI=1S/C15H16N2O3S/c18-17(19)14-3-4-15(20-9-11-5-6-21-10-11)12(7-14)8-16-13-1-2-13/h3-7,10,13,16H,1-2,8-9H2. The lowest BCUT2D eigenvalue weighted by atomic mass is 10.1. The SMILES string of the molecule is O=[N+]([O-])c1ccc(OCc2ccsc2)c(CNC2CC2)c1. The number of nitrogens with zero attached hydrogens (tertiary/aromatic N) is 1. The molecule has 110 valence electrons. The molecule has 0 saturated heterocycles. The maximum atomic E-state index is 10.9. The van der Waals surface area contributed by atoms with Crippen molar-refractivity contribution in [2.75, 3.05) is 0 Å². The molecule has 1 aliphatic carbocycles. The highest BCUT2D eigenvalue weighted by molar-refractivity contribution is 7.07. The molecule has 0 atom stereocenters. The molecule has 5 nitrogen and oxygen atoms in total. The minimum Gasteiger partial charge on any atom is -0.489 e. The number of thiophene rings is 1. The van der Waals surface area contributed by atoms with E-state index in [2.05, 4.69) is 5.32 Å². The topological polar surface area (TPSA) is 64.4 Å². The first-order valence-corrected chi connectivity index (χ1v) is 7.81. The molecule has 2 aromatic rings. The summed E-state index contributed by atoms with van der Waals surface area (Å²) in [7, 11) is 0. The van der Waals surface area contributed by atoms with Crippen LogP contribution in [-0.2, 0) is 13.2 Å². The van der Waals surface area contributed by atoms with Crippen molar-refractivity contribution in [3.8, 4) is 5.75 Å². The van der Waals surface area contributed by atoms with Gasteiger partial charge in [-0.15, -0.1) is 0 Å². The second-order valence-electron chi connectivity index (χ2n) is 5.12. The molecule has 0 radical (unpaired) electrons. The largest absolute Gasteiger partial charge is 0.489 e. The van der Waals surface area contributed by atoms with E-state index in [9.17, 15) is 10.1 Å². The summed E-state index contributed by atoms with van der Waals surface area (Å²) in [5.41, 5.74) is 2.05. The normalized spacial score (nSPS) is 14.1. The second-order valence-corrected chi connectivity index (χ2v) is 5.90. The van der Waals surface area contributed by atoms with Gasteiger partial charge in [0.2, 0.25) is 0 Å². The third-order valence-corrected chi connectivity index (χ3v) is 4.12. The predicted octanol–water partition coefficient (Wildman–Crippen LogP) is 3.49. The van der Waals surface area contributed by atoms with Crippen LogP contribution < -0.4 is 10.1 Å². The average Bonchev–Trinajstić information content (AvgIpc) is 3.17. The Labute approximate surface area is 126 Å². The molecule has 21 heavy (non-hydrogen) atoms. The Balaban J connectivity index is 1.73. The number of nitro benzene ring substituents is 1. The van der Waals surface area contributed by atoms with Gasteiger partial charge in [-0.3, -0.25) is 10.1 Å². The van der Waals surface area contributed by atoms with Gasteiger partial charge in [-0.2, -0.15) is 11.3 Å². The summed E-state index contributed by atoms with van der Waals surface area (Å²) < 4.78 is 5.81. The Hall–Kier alpha value is -1.92. The zero-order chi connectivity index (χ0) is 14.7. The zero-order valence-electron chi connectivity index (χ0n) is 11.5. The molecular formula is C15H16N2O3S. The van der Waals surface area contributed by atoms with E-state index >= 15 is 0 Å². The van der Waals surface area contributed by atoms with Crippen molar-refractivity contribution in [2.24, 2.45) is 0 Å². The van der Waals surface area contributed by atoms with Crippen LogP contribution in [0.3, 0.4) is 0 Å². The van der Waals surface area contributed by atoms with Gasteiger partial charge in [0.05, 0.1) is 4.92 Å². The quantitative estimate of drug-likeness (QED) is 0.628. The minimum absolute atomic E-state index is 0.102. The minimum atomic E-state index is -0.372. The molecule has 1 saturated carbocycles. The van der Waals surface area contributed by atoms with E-state index in [4.69, 9.17) is 4.74 Å². The van der Waals surface area contributed by atoms with Crippen LogP contribution in [0.1, 0.15) is 24.0 Å². The number of ether oxygens (including phenoxy) is 1. The van der Waals surface area contributed by atoms with Gasteiger partial charge < -0.3 is 10.1 Å². The van der Waals surface area contributed by atoms with E-state index in [1.165, 1.54) is 18.9 Å². The number of rotatable bonds is 7. The first kappa shape index (κ1) is 14.0. The lowest BCUT2D eigenvalue weighted by Crippen LogP contribution is -2.16. The number of hydrogen-bond acceptors (Lipinski definition) is 5. The van der Waals surface area contributed by atoms with Crippen LogP contribution in [0, 0.1) is 10.1 Å². The maximum Gasteiger partial charge on any atom is 0.270 e. The van der Waals surface area contributed by atoms with Crippen LogP contribution in [0.15, 0.2) is 35.0 Å². The third kappa shape index (κ3) is 3.80. The third-order valence-electron chi connectivity index (χ3n) is 3.39. The van der Waals surface area contributed by atoms with Gasteiger partial charge in [0.1, 0.15) is 12.4 Å². The van der Waals surface area contributed by atoms with Crippen LogP contribution in [0.2, 0.25) is 0 Å². The smallest absolute Gasteiger partial charge is 0.270 e. The van der Waals surface area contributed by atoms with Gasteiger partial charge in [0.25, 0.3) is 5.69 Å². The highest BCUT2D eigenvalue weighted by atomic mass is 32.1. The number of hydrogen-bond donors (Lipinski definition) is 1. The van der Waals surface area contributed by atoms with E-state index in [0.717, 1.165) is 11.1 Å². The van der Waals surface area contributed by atoms with Crippen LogP contribution >= 0.6 is 11.3 Å². The van der Waals surface area contributed by atoms with Gasteiger partial charge in [0, 0.05) is 30.3 Å². The predicted molar refractivity (Wildman–Crippen MR) is 81.6 cm³/mol. The highest BCUT2D eigenvalue weighted by Gasteiger charge is 2.21. The molecule has 0 amide bonds. The number of benzene rings is 1. The fourth-order valence-electron chi connectivity index (χ4n) is 2.04. The van der Waals surface area contributed by atoms with Gasteiger partial charge >= 0.3 is 0 Å². The molecule has 1 aliphatic rings. The first-order chi connectivity index (χ1) is 10.2. The van der Waals surface area contributed by atoms with E-state index in [0.29, 0.717) is 24.9 Å². The van der Waals surface area contributed by atoms with Gasteiger partial charge in [-0.1, -0.05) is 0 Å². The van der Waals surface area contributed by atoms with Crippen LogP contribution in [0.4, 0.5) is 5.69 Å². The lowest BCUT2D eigenvalue weighted by molar-refractivity contribution is -0.384. The molecule has 1 fully saturated rings. The fraction of sp³-hybridized carbons (Fsp3) is 0.333. The van der Waals surface area contributed by atoms with Gasteiger partial charge in [-0.25, -0.2) is 0 Å². The number of nitrogens with one attached hydrogen (secondary N) is 1. The Morgan fingerprint density at radius 3 is 2.90 bits per heavy atom. The monoisotopic (exact) mass is 304 g/mol. The fourth-order valence-corrected chi connectivity index (χ4v) is 2.69. The molecule has 1 N–H and O–H groups in total. The first-order valence-electron chi connectivity index (χ1n) is 6.87. The summed E-state index contributed by atoms with van der Waals surface area (Å²) in [5, 5.41) is 18.3. The van der Waals surface area contributed by atoms with Gasteiger partial charge in [-0.05, 0) is 41.3 Å². The van der Waals surface area contributed by atoms with Crippen molar-refractivity contribution in [2.45, 2.75) is 32.0 Å². The number of nitro groups is 1. The van der Waals surface area contributed by atoms with Crippen molar-refractivity contribution in [3.63, 3.8) is 0 Å². The molecule has 0 spiro atoms. The summed E-state index contributed by atoms with van der Waals surface area (Å²) in [6.45, 7) is 1.09. The summed E-state index contributed by atoms with van der Waals surface area (Å²) in [6, 6.07) is 7.34. The van der Waals surface area contributed by atoms with E-state index in [-0.39, 0.29) is 10.6 Å². The lowest BCUT2D eigenvalue weighted by Gasteiger charge is -2.11. The molecule has 0 aliphatic heterocycles. The molecule has 6 heteroatoms. The summed E-state index contributed by atoms with van der Waals surface area (Å²) in [6.07, 6.45) is 2.36. The van der Waals surface area contributed by atoms with Crippen molar-refractivity contribution in [1.29, 1.82) is 0 Å². The Morgan fingerprint density at radius 2 is 2.24 bits per heavy atom. The van der Waals surface area contributed by atoms with Crippen LogP contribution in [0.5, 0.6) is 5.75 Å². The average molecular weight is 304 g/mol. The van der Waals surface area contributed by atoms with Gasteiger partial charge in [0.15, 0.2) is 0 Å². The molecule has 1 aromatic heterocycles. The van der Waals surface area contributed by atoms with Crippen LogP contribution in [-0.4, -0.2) is 11.0 Å². The van der Waals surface area contributed by atoms with Crippen molar-refractivity contribution < 1.29 is 9.66 Å². The summed E-state index contributed by atoms with van der Waals surface area (Å²) in [4.78, 5) is 10.5. The molecule has 0 bridgehead atoms. The molecule has 0 unspecified atom stereocenters. The Kier molecular flexibility index (Phi) is 4.17. The van der Waals surface area contributed by atoms with Crippen molar-refractivity contribution in [1.82, 2.24) is 5.32 Å². The van der Waals surface area contributed by atoms with Crippen molar-refractivity contribution in [3.05, 3.63) is 56.3 Å². The molecule has 1 heterocycles. The maximum absolute atomic E-state index is 10.9. The Bertz CT molecular complexity index is 624. The highest BCUT2D eigenvalue weighted by Crippen LogP contribution is 2.27.